The summed E-state index contributed by atoms with van der Waals surface area (Å²) in [5.74, 6) is -0.429. The Kier molecular flexibility index (Phi) is 5.54. The Balaban J connectivity index is 1.31. The molecular formula is C23H17FN6O2S. The van der Waals surface area contributed by atoms with E-state index in [1.165, 1.54) is 22.3 Å². The Morgan fingerprint density at radius 3 is 2.76 bits per heavy atom. The van der Waals surface area contributed by atoms with Crippen LogP contribution in [0.5, 0.6) is 0 Å². The lowest BCUT2D eigenvalue weighted by molar-refractivity contribution is 0.129. The number of amides is 1. The van der Waals surface area contributed by atoms with Gasteiger partial charge in [0, 0.05) is 22.7 Å². The van der Waals surface area contributed by atoms with Crippen LogP contribution in [-0.4, -0.2) is 38.7 Å². The van der Waals surface area contributed by atoms with Crippen molar-refractivity contribution in [3.8, 4) is 21.7 Å². The Morgan fingerprint density at radius 1 is 1.21 bits per heavy atom. The zero-order valence-electron chi connectivity index (χ0n) is 17.3. The third kappa shape index (κ3) is 4.31. The van der Waals surface area contributed by atoms with Crippen LogP contribution in [0.15, 0.2) is 60.2 Å². The van der Waals surface area contributed by atoms with Gasteiger partial charge in [0.15, 0.2) is 0 Å². The number of ether oxygens (including phenoxy) is 1. The molecule has 0 spiro atoms. The van der Waals surface area contributed by atoms with Gasteiger partial charge in [-0.15, -0.1) is 16.4 Å². The summed E-state index contributed by atoms with van der Waals surface area (Å²) in [6.45, 7) is 7.89. The highest BCUT2D eigenvalue weighted by Crippen LogP contribution is 2.31. The van der Waals surface area contributed by atoms with Crippen LogP contribution in [0.3, 0.4) is 0 Å². The lowest BCUT2D eigenvalue weighted by Gasteiger charge is -2.14. The van der Waals surface area contributed by atoms with Crippen molar-refractivity contribution in [1.29, 1.82) is 0 Å². The highest BCUT2D eigenvalue weighted by atomic mass is 32.1. The second kappa shape index (κ2) is 8.80. The van der Waals surface area contributed by atoms with E-state index in [9.17, 15) is 9.18 Å². The molecule has 10 heteroatoms. The molecule has 1 atom stereocenters. The van der Waals surface area contributed by atoms with Crippen LogP contribution in [0.4, 0.5) is 14.9 Å². The van der Waals surface area contributed by atoms with Crippen molar-refractivity contribution in [2.75, 3.05) is 11.4 Å². The maximum atomic E-state index is 15.0. The van der Waals surface area contributed by atoms with Crippen molar-refractivity contribution in [3.63, 3.8) is 0 Å². The first-order valence-corrected chi connectivity index (χ1v) is 11.0. The fourth-order valence-electron chi connectivity index (χ4n) is 3.66. The molecule has 2 aromatic heterocycles. The smallest absolute Gasteiger partial charge is 0.414 e. The van der Waals surface area contributed by atoms with E-state index < -0.39 is 18.0 Å². The zero-order chi connectivity index (χ0) is 22.8. The number of thiazole rings is 1. The molecule has 8 nitrogen and oxygen atoms in total. The summed E-state index contributed by atoms with van der Waals surface area (Å²) >= 11 is 1.48. The van der Waals surface area contributed by atoms with Crippen molar-refractivity contribution in [2.24, 2.45) is 0 Å². The van der Waals surface area contributed by atoms with Crippen LogP contribution in [0, 0.1) is 12.4 Å². The van der Waals surface area contributed by atoms with E-state index in [4.69, 9.17) is 11.3 Å². The normalized spacial score (nSPS) is 15.5. The summed E-state index contributed by atoms with van der Waals surface area (Å²) in [5, 5.41) is 10.3. The molecule has 164 valence electrons. The van der Waals surface area contributed by atoms with E-state index in [0.717, 1.165) is 16.3 Å². The van der Waals surface area contributed by atoms with E-state index >= 15 is 0 Å². The third-order valence-electron chi connectivity index (χ3n) is 5.24. The second-order valence-electron chi connectivity index (χ2n) is 7.44. The fourth-order valence-corrected chi connectivity index (χ4v) is 4.47. The van der Waals surface area contributed by atoms with Gasteiger partial charge in [0.2, 0.25) is 0 Å². The third-order valence-corrected chi connectivity index (χ3v) is 6.18. The Morgan fingerprint density at radius 2 is 2.03 bits per heavy atom. The van der Waals surface area contributed by atoms with Crippen molar-refractivity contribution < 1.29 is 13.9 Å². The Hall–Kier alpha value is -4.10. The van der Waals surface area contributed by atoms with Gasteiger partial charge in [0.1, 0.15) is 22.6 Å². The van der Waals surface area contributed by atoms with Gasteiger partial charge in [0.25, 0.3) is 6.54 Å². The van der Waals surface area contributed by atoms with E-state index in [-0.39, 0.29) is 6.54 Å². The molecule has 3 heterocycles. The van der Waals surface area contributed by atoms with Crippen molar-refractivity contribution in [3.05, 3.63) is 83.2 Å². The number of carbonyl (C=O) groups is 1. The highest BCUT2D eigenvalue weighted by molar-refractivity contribution is 7.13. The second-order valence-corrected chi connectivity index (χ2v) is 8.30. The van der Waals surface area contributed by atoms with Crippen LogP contribution in [0.25, 0.3) is 26.5 Å². The van der Waals surface area contributed by atoms with Gasteiger partial charge in [0.05, 0.1) is 25.0 Å². The Labute approximate surface area is 192 Å². The molecule has 0 saturated carbocycles. The quantitative estimate of drug-likeness (QED) is 0.392. The van der Waals surface area contributed by atoms with E-state index in [1.54, 1.807) is 29.2 Å². The topological polar surface area (TPSA) is 77.5 Å². The molecule has 1 fully saturated rings. The number of nitrogens with zero attached hydrogens (tertiary/aromatic N) is 6. The van der Waals surface area contributed by atoms with Crippen LogP contribution < -0.4 is 4.90 Å². The van der Waals surface area contributed by atoms with Gasteiger partial charge >= 0.3 is 6.09 Å². The molecule has 1 saturated heterocycles. The number of anilines is 1. The largest absolute Gasteiger partial charge is 0.442 e. The Bertz CT molecular complexity index is 1330. The number of rotatable bonds is 6. The summed E-state index contributed by atoms with van der Waals surface area (Å²) < 4.78 is 22.0. The number of aromatic nitrogens is 4. The first kappa shape index (κ1) is 20.8. The first-order chi connectivity index (χ1) is 16.1. The maximum Gasteiger partial charge on any atom is 0.414 e. The van der Waals surface area contributed by atoms with Gasteiger partial charge in [-0.1, -0.05) is 29.5 Å². The molecule has 5 rings (SSSR count). The van der Waals surface area contributed by atoms with Gasteiger partial charge in [-0.25, -0.2) is 25.4 Å². The van der Waals surface area contributed by atoms with Gasteiger partial charge in [-0.2, -0.15) is 0 Å². The summed E-state index contributed by atoms with van der Waals surface area (Å²) in [4.78, 5) is 21.5. The maximum absolute atomic E-state index is 15.0. The van der Waals surface area contributed by atoms with Gasteiger partial charge in [-0.05, 0) is 23.8 Å². The highest BCUT2D eigenvalue weighted by Gasteiger charge is 2.33. The molecule has 0 aliphatic carbocycles. The molecule has 1 aliphatic rings. The van der Waals surface area contributed by atoms with Crippen molar-refractivity contribution in [2.45, 2.75) is 19.2 Å². The number of hydrogen-bond donors (Lipinski definition) is 0. The molecule has 0 radical (unpaired) electrons. The molecule has 4 aromatic rings. The molecule has 0 bridgehead atoms. The molecule has 1 amide bonds. The summed E-state index contributed by atoms with van der Waals surface area (Å²) in [7, 11) is 0. The minimum absolute atomic E-state index is 0.262. The van der Waals surface area contributed by atoms with Crippen LogP contribution in [0.2, 0.25) is 0 Å². The van der Waals surface area contributed by atoms with Crippen LogP contribution in [0.1, 0.15) is 5.69 Å². The monoisotopic (exact) mass is 460 g/mol. The van der Waals surface area contributed by atoms with E-state index in [1.807, 2.05) is 29.6 Å². The number of carbonyl (C=O) groups excluding carboxylic acids is 1. The van der Waals surface area contributed by atoms with Crippen molar-refractivity contribution in [1.82, 2.24) is 20.0 Å². The lowest BCUT2D eigenvalue weighted by atomic mass is 10.0. The zero-order valence-corrected chi connectivity index (χ0v) is 18.1. The predicted molar refractivity (Wildman–Crippen MR) is 121 cm³/mol. The number of cyclic esters (lactones) is 1. The van der Waals surface area contributed by atoms with Crippen molar-refractivity contribution >= 4 is 23.1 Å². The summed E-state index contributed by atoms with van der Waals surface area (Å²) in [6.07, 6.45) is 2.34. The van der Waals surface area contributed by atoms with Crippen LogP contribution in [-0.2, 0) is 17.8 Å². The lowest BCUT2D eigenvalue weighted by Crippen LogP contribution is -2.26. The van der Waals surface area contributed by atoms with Gasteiger partial charge < -0.3 is 9.58 Å². The minimum atomic E-state index is -0.516. The van der Waals surface area contributed by atoms with Crippen LogP contribution >= 0.6 is 11.3 Å². The fraction of sp³-hybridized carbons (Fsp3) is 0.174. The predicted octanol–water partition coefficient (Wildman–Crippen LogP) is 4.65. The SMILES string of the molecule is [C-]#[N+]Cc1csc(-c2ccc(-c3ccc(N4C[C@H](Cn5ccnn5)OC4=O)cc3F)cc2)n1. The molecule has 33 heavy (non-hydrogen) atoms. The number of halogens is 1. The standard InChI is InChI=1S/C23H17FN6O2S/c1-25-11-17-14-33-22(27-17)16-4-2-15(3-5-16)20-7-6-18(10-21(20)24)30-13-19(32-23(30)31)12-29-9-8-26-28-29/h2-10,14,19H,11-13H2/t19-/m0/s1. The molecule has 1 aliphatic heterocycles. The summed E-state index contributed by atoms with van der Waals surface area (Å²) in [6, 6.07) is 12.2. The summed E-state index contributed by atoms with van der Waals surface area (Å²) in [5.41, 5.74) is 3.25. The van der Waals surface area contributed by atoms with Gasteiger partial charge in [-0.3, -0.25) is 4.90 Å². The molecule has 2 aromatic carbocycles. The molecule has 0 unspecified atom stereocenters. The molecule has 0 N–H and O–H groups in total. The first-order valence-electron chi connectivity index (χ1n) is 10.1. The molecular weight excluding hydrogens is 443 g/mol. The average Bonchev–Trinajstić information content (AvgIpc) is 3.57. The number of hydrogen-bond acceptors (Lipinski definition) is 6. The van der Waals surface area contributed by atoms with E-state index in [2.05, 4.69) is 20.1 Å². The van der Waals surface area contributed by atoms with E-state index in [0.29, 0.717) is 29.9 Å². The average molecular weight is 460 g/mol. The minimum Gasteiger partial charge on any atom is -0.442 e. The number of benzene rings is 2.